The van der Waals surface area contributed by atoms with Gasteiger partial charge in [-0.1, -0.05) is 17.6 Å². The Morgan fingerprint density at radius 3 is 2.89 bits per heavy atom. The predicted octanol–water partition coefficient (Wildman–Crippen LogP) is 1.71. The normalized spacial score (nSPS) is 19.5. The van der Waals surface area contributed by atoms with Crippen LogP contribution in [0.4, 0.5) is 0 Å². The fraction of sp³-hybridized carbons (Fsp3) is 0.538. The van der Waals surface area contributed by atoms with Gasteiger partial charge in [0.15, 0.2) is 5.84 Å². The maximum absolute atomic E-state index is 12.3. The highest BCUT2D eigenvalue weighted by Gasteiger charge is 2.48. The zero-order valence-electron chi connectivity index (χ0n) is 10.9. The van der Waals surface area contributed by atoms with Gasteiger partial charge in [-0.25, -0.2) is 0 Å². The summed E-state index contributed by atoms with van der Waals surface area (Å²) in [6.45, 7) is 1.97. The third-order valence-electron chi connectivity index (χ3n) is 3.70. The smallest absolute Gasteiger partial charge is 0.234 e. The lowest BCUT2D eigenvalue weighted by atomic mass is 9.67. The lowest BCUT2D eigenvalue weighted by Gasteiger charge is -2.39. The zero-order valence-corrected chi connectivity index (χ0v) is 11.7. The molecule has 104 valence electrons. The van der Waals surface area contributed by atoms with Crippen LogP contribution in [0, 0.1) is 5.41 Å². The molecule has 1 aromatic rings. The van der Waals surface area contributed by atoms with Crippen LogP contribution in [0.2, 0.25) is 0 Å². The van der Waals surface area contributed by atoms with Crippen LogP contribution in [0.5, 0.6) is 0 Å². The van der Waals surface area contributed by atoms with Crippen LogP contribution in [0.15, 0.2) is 22.7 Å². The molecule has 4 N–H and O–H groups in total. The van der Waals surface area contributed by atoms with Crippen LogP contribution in [0.25, 0.3) is 0 Å². The maximum atomic E-state index is 12.3. The second kappa shape index (κ2) is 5.61. The number of hydrogen-bond donors (Lipinski definition) is 3. The number of hydrogen-bond acceptors (Lipinski definition) is 4. The average Bonchev–Trinajstić information content (AvgIpc) is 2.79. The van der Waals surface area contributed by atoms with Gasteiger partial charge < -0.3 is 16.3 Å². The highest BCUT2D eigenvalue weighted by molar-refractivity contribution is 7.09. The molecule has 5 nitrogen and oxygen atoms in total. The van der Waals surface area contributed by atoms with Crippen LogP contribution in [0.1, 0.15) is 31.1 Å². The van der Waals surface area contributed by atoms with Crippen molar-refractivity contribution < 1.29 is 10.0 Å². The molecule has 1 amide bonds. The molecule has 1 heterocycles. The van der Waals surface area contributed by atoms with E-state index in [0.717, 1.165) is 12.8 Å². The molecule has 1 unspecified atom stereocenters. The Kier molecular flexibility index (Phi) is 4.09. The number of thiophene rings is 1. The third-order valence-corrected chi connectivity index (χ3v) is 4.60. The quantitative estimate of drug-likeness (QED) is 0.332. The minimum absolute atomic E-state index is 0.0274. The van der Waals surface area contributed by atoms with E-state index in [1.165, 1.54) is 4.88 Å². The summed E-state index contributed by atoms with van der Waals surface area (Å²) in [4.78, 5) is 13.5. The summed E-state index contributed by atoms with van der Waals surface area (Å²) in [5, 5.41) is 16.8. The van der Waals surface area contributed by atoms with Gasteiger partial charge in [-0.2, -0.15) is 0 Å². The molecule has 1 atom stereocenters. The molecule has 0 radical (unpaired) electrons. The summed E-state index contributed by atoms with van der Waals surface area (Å²) < 4.78 is 0. The number of nitrogens with two attached hydrogens (primary N) is 1. The van der Waals surface area contributed by atoms with E-state index in [2.05, 4.69) is 16.5 Å². The second-order valence-electron chi connectivity index (χ2n) is 5.08. The molecule has 0 saturated heterocycles. The molecule has 0 bridgehead atoms. The van der Waals surface area contributed by atoms with E-state index in [1.807, 2.05) is 18.4 Å². The molecule has 0 spiro atoms. The van der Waals surface area contributed by atoms with E-state index in [1.54, 1.807) is 11.3 Å². The van der Waals surface area contributed by atoms with E-state index < -0.39 is 5.41 Å². The van der Waals surface area contributed by atoms with Crippen LogP contribution >= 0.6 is 11.3 Å². The molecule has 19 heavy (non-hydrogen) atoms. The van der Waals surface area contributed by atoms with Crippen molar-refractivity contribution in [3.05, 3.63) is 22.4 Å². The summed E-state index contributed by atoms with van der Waals surface area (Å²) in [6, 6.07) is 4.09. The minimum Gasteiger partial charge on any atom is -0.409 e. The summed E-state index contributed by atoms with van der Waals surface area (Å²) in [7, 11) is 0. The van der Waals surface area contributed by atoms with Crippen molar-refractivity contribution in [2.24, 2.45) is 16.3 Å². The number of nitrogens with zero attached hydrogens (tertiary/aromatic N) is 1. The molecule has 1 aliphatic carbocycles. The van der Waals surface area contributed by atoms with Crippen LogP contribution in [0.3, 0.4) is 0 Å². The number of carbonyl (C=O) groups is 1. The fourth-order valence-electron chi connectivity index (χ4n) is 2.37. The van der Waals surface area contributed by atoms with Gasteiger partial charge in [-0.05, 0) is 31.2 Å². The summed E-state index contributed by atoms with van der Waals surface area (Å²) in [5.74, 6) is -0.0994. The number of amides is 1. The van der Waals surface area contributed by atoms with Crippen LogP contribution in [-0.4, -0.2) is 23.0 Å². The Bertz CT molecular complexity index is 466. The van der Waals surface area contributed by atoms with E-state index >= 15 is 0 Å². The van der Waals surface area contributed by atoms with Gasteiger partial charge in [0, 0.05) is 17.3 Å². The van der Waals surface area contributed by atoms with Crippen molar-refractivity contribution in [2.45, 2.75) is 38.6 Å². The van der Waals surface area contributed by atoms with E-state index in [-0.39, 0.29) is 17.8 Å². The van der Waals surface area contributed by atoms with Crippen molar-refractivity contribution >= 4 is 23.1 Å². The topological polar surface area (TPSA) is 87.7 Å². The Morgan fingerprint density at radius 1 is 1.68 bits per heavy atom. The summed E-state index contributed by atoms with van der Waals surface area (Å²) in [5.41, 5.74) is 4.87. The number of oxime groups is 1. The fourth-order valence-corrected chi connectivity index (χ4v) is 3.20. The van der Waals surface area contributed by atoms with Crippen LogP contribution in [-0.2, 0) is 11.2 Å². The Balaban J connectivity index is 1.96. The van der Waals surface area contributed by atoms with Gasteiger partial charge in [0.2, 0.25) is 5.91 Å². The standard InChI is InChI=1S/C13H19N3O2S/c1-9(8-10-4-2-7-19-10)15-12(17)13(5-3-6-13)11(14)16-18/h2,4,7,9,18H,3,5-6,8H2,1H3,(H2,14,16)(H,15,17). The van der Waals surface area contributed by atoms with E-state index in [0.29, 0.717) is 12.8 Å². The van der Waals surface area contributed by atoms with Gasteiger partial charge in [0.05, 0.1) is 0 Å². The van der Waals surface area contributed by atoms with Gasteiger partial charge in [0.25, 0.3) is 0 Å². The molecular weight excluding hydrogens is 262 g/mol. The van der Waals surface area contributed by atoms with Gasteiger partial charge in [0.1, 0.15) is 5.41 Å². The lowest BCUT2D eigenvalue weighted by Crippen LogP contribution is -2.55. The van der Waals surface area contributed by atoms with Gasteiger partial charge in [-0.15, -0.1) is 11.3 Å². The molecule has 0 aromatic carbocycles. The number of carbonyl (C=O) groups excluding carboxylic acids is 1. The number of rotatable bonds is 5. The molecule has 6 heteroatoms. The molecule has 1 aliphatic rings. The Hall–Kier alpha value is -1.56. The van der Waals surface area contributed by atoms with Crippen molar-refractivity contribution in [2.75, 3.05) is 0 Å². The van der Waals surface area contributed by atoms with Crippen molar-refractivity contribution in [3.63, 3.8) is 0 Å². The van der Waals surface area contributed by atoms with E-state index in [9.17, 15) is 4.79 Å². The monoisotopic (exact) mass is 281 g/mol. The first-order chi connectivity index (χ1) is 9.08. The highest BCUT2D eigenvalue weighted by atomic mass is 32.1. The Labute approximate surface area is 116 Å². The minimum atomic E-state index is -0.793. The van der Waals surface area contributed by atoms with Crippen molar-refractivity contribution in [3.8, 4) is 0 Å². The molecule has 1 fully saturated rings. The van der Waals surface area contributed by atoms with Crippen LogP contribution < -0.4 is 11.1 Å². The van der Waals surface area contributed by atoms with Gasteiger partial charge >= 0.3 is 0 Å². The number of amidine groups is 1. The number of nitrogens with one attached hydrogen (secondary N) is 1. The first-order valence-electron chi connectivity index (χ1n) is 6.40. The average molecular weight is 281 g/mol. The van der Waals surface area contributed by atoms with Gasteiger partial charge in [-0.3, -0.25) is 4.79 Å². The molecule has 2 rings (SSSR count). The lowest BCUT2D eigenvalue weighted by molar-refractivity contribution is -0.131. The maximum Gasteiger partial charge on any atom is 0.234 e. The van der Waals surface area contributed by atoms with E-state index in [4.69, 9.17) is 10.9 Å². The van der Waals surface area contributed by atoms with Crippen molar-refractivity contribution in [1.82, 2.24) is 5.32 Å². The first-order valence-corrected chi connectivity index (χ1v) is 7.28. The van der Waals surface area contributed by atoms with Crippen molar-refractivity contribution in [1.29, 1.82) is 0 Å². The molecular formula is C13H19N3O2S. The Morgan fingerprint density at radius 2 is 2.42 bits per heavy atom. The second-order valence-corrected chi connectivity index (χ2v) is 6.11. The third kappa shape index (κ3) is 2.73. The molecule has 1 saturated carbocycles. The summed E-state index contributed by atoms with van der Waals surface area (Å²) in [6.07, 6.45) is 3.04. The summed E-state index contributed by atoms with van der Waals surface area (Å²) >= 11 is 1.68. The molecule has 0 aliphatic heterocycles. The zero-order chi connectivity index (χ0) is 13.9. The first kappa shape index (κ1) is 13.9. The molecule has 1 aromatic heterocycles. The SMILES string of the molecule is CC(Cc1cccs1)NC(=O)C1(/C(N)=N/O)CCC1. The largest absolute Gasteiger partial charge is 0.409 e. The highest BCUT2D eigenvalue weighted by Crippen LogP contribution is 2.41. The predicted molar refractivity (Wildman–Crippen MR) is 75.3 cm³/mol.